The maximum Gasteiger partial charge on any atom is 0.262 e. The molecule has 3 aromatic rings. The van der Waals surface area contributed by atoms with Crippen molar-refractivity contribution in [2.24, 2.45) is 0 Å². The van der Waals surface area contributed by atoms with Crippen molar-refractivity contribution in [2.75, 3.05) is 23.3 Å². The van der Waals surface area contributed by atoms with E-state index in [1.54, 1.807) is 36.4 Å². The number of benzene rings is 3. The molecule has 0 spiro atoms. The van der Waals surface area contributed by atoms with Crippen LogP contribution in [0, 0.1) is 0 Å². The van der Waals surface area contributed by atoms with E-state index >= 15 is 0 Å². The molecule has 10 heteroatoms. The molecule has 7 nitrogen and oxygen atoms in total. The molecule has 31 heavy (non-hydrogen) atoms. The number of hydrogen-bond donors (Lipinski definition) is 2. The van der Waals surface area contributed by atoms with Crippen LogP contribution in [-0.4, -0.2) is 27.5 Å². The van der Waals surface area contributed by atoms with Crippen LogP contribution in [0.2, 0.25) is 10.0 Å². The third kappa shape index (κ3) is 4.87. The lowest BCUT2D eigenvalue weighted by molar-refractivity contribution is 0.102. The van der Waals surface area contributed by atoms with Crippen molar-refractivity contribution < 1.29 is 22.7 Å². The van der Waals surface area contributed by atoms with Crippen molar-refractivity contribution in [1.29, 1.82) is 0 Å². The number of fused-ring (bicyclic) bond motifs is 1. The lowest BCUT2D eigenvalue weighted by Gasteiger charge is -2.19. The zero-order valence-electron chi connectivity index (χ0n) is 15.9. The summed E-state index contributed by atoms with van der Waals surface area (Å²) in [5.41, 5.74) is 1.17. The fourth-order valence-corrected chi connectivity index (χ4v) is 4.24. The number of anilines is 2. The molecule has 160 valence electrons. The van der Waals surface area contributed by atoms with Crippen LogP contribution in [0.15, 0.2) is 65.6 Å². The average Bonchev–Trinajstić information content (AvgIpc) is 2.76. The molecule has 0 fully saturated rings. The summed E-state index contributed by atoms with van der Waals surface area (Å²) in [6, 6.07) is 15.2. The zero-order valence-corrected chi connectivity index (χ0v) is 18.2. The van der Waals surface area contributed by atoms with Gasteiger partial charge in [0.15, 0.2) is 11.5 Å². The molecular weight excluding hydrogens is 463 g/mol. The number of rotatable bonds is 5. The van der Waals surface area contributed by atoms with Gasteiger partial charge in [-0.05, 0) is 54.6 Å². The molecule has 0 aliphatic carbocycles. The van der Waals surface area contributed by atoms with E-state index in [2.05, 4.69) is 10.0 Å². The van der Waals surface area contributed by atoms with Crippen molar-refractivity contribution in [1.82, 2.24) is 0 Å². The highest BCUT2D eigenvalue weighted by atomic mass is 35.5. The van der Waals surface area contributed by atoms with Gasteiger partial charge in [-0.3, -0.25) is 9.52 Å². The Kier molecular flexibility index (Phi) is 5.95. The second-order valence-electron chi connectivity index (χ2n) is 6.57. The monoisotopic (exact) mass is 478 g/mol. The molecule has 3 aromatic carbocycles. The van der Waals surface area contributed by atoms with Gasteiger partial charge in [0.2, 0.25) is 0 Å². The fourth-order valence-electron chi connectivity index (χ4n) is 2.87. The highest BCUT2D eigenvalue weighted by Gasteiger charge is 2.19. The van der Waals surface area contributed by atoms with Crippen LogP contribution in [-0.2, 0) is 10.0 Å². The fraction of sp³-hybridized carbons (Fsp3) is 0.0952. The summed E-state index contributed by atoms with van der Waals surface area (Å²) in [6.07, 6.45) is 0. The first-order valence-electron chi connectivity index (χ1n) is 9.11. The first-order chi connectivity index (χ1) is 14.8. The number of sulfonamides is 1. The molecule has 0 unspecified atom stereocenters. The standard InChI is InChI=1S/C21H16Cl2N2O5S/c22-17-7-1-13(11-18(17)23)21(26)24-14-2-4-15(5-3-14)25-31(27,28)16-6-8-19-20(12-16)30-10-9-29-19/h1-8,11-12,25H,9-10H2,(H,24,26). The Labute approximate surface area is 188 Å². The Bertz CT molecular complexity index is 1250. The van der Waals surface area contributed by atoms with E-state index in [1.807, 2.05) is 0 Å². The van der Waals surface area contributed by atoms with E-state index in [9.17, 15) is 13.2 Å². The van der Waals surface area contributed by atoms with Gasteiger partial charge in [-0.15, -0.1) is 0 Å². The zero-order chi connectivity index (χ0) is 22.0. The van der Waals surface area contributed by atoms with Crippen molar-refractivity contribution in [3.63, 3.8) is 0 Å². The summed E-state index contributed by atoms with van der Waals surface area (Å²) in [5.74, 6) is 0.518. The Hall–Kier alpha value is -2.94. The van der Waals surface area contributed by atoms with Gasteiger partial charge in [0, 0.05) is 23.0 Å². The molecular formula is C21H16Cl2N2O5S. The van der Waals surface area contributed by atoms with Crippen LogP contribution in [0.3, 0.4) is 0 Å². The third-order valence-corrected chi connectivity index (χ3v) is 6.52. The van der Waals surface area contributed by atoms with Gasteiger partial charge in [-0.1, -0.05) is 23.2 Å². The predicted octanol–water partition coefficient (Wildman–Crippen LogP) is 4.82. The van der Waals surface area contributed by atoms with Crippen molar-refractivity contribution in [2.45, 2.75) is 4.90 Å². The first-order valence-corrected chi connectivity index (χ1v) is 11.3. The lowest BCUT2D eigenvalue weighted by Crippen LogP contribution is -2.17. The normalized spacial score (nSPS) is 12.8. The minimum Gasteiger partial charge on any atom is -0.486 e. The van der Waals surface area contributed by atoms with E-state index < -0.39 is 10.0 Å². The number of nitrogens with one attached hydrogen (secondary N) is 2. The Balaban J connectivity index is 1.45. The van der Waals surface area contributed by atoms with E-state index in [1.165, 1.54) is 24.3 Å². The summed E-state index contributed by atoms with van der Waals surface area (Å²) >= 11 is 11.8. The number of hydrogen-bond acceptors (Lipinski definition) is 5. The number of ether oxygens (including phenoxy) is 2. The quantitative estimate of drug-likeness (QED) is 0.548. The van der Waals surface area contributed by atoms with Gasteiger partial charge >= 0.3 is 0 Å². The molecule has 0 radical (unpaired) electrons. The van der Waals surface area contributed by atoms with Gasteiger partial charge < -0.3 is 14.8 Å². The van der Waals surface area contributed by atoms with Gasteiger partial charge in [0.25, 0.3) is 15.9 Å². The van der Waals surface area contributed by atoms with Crippen molar-refractivity contribution >= 4 is 50.5 Å². The van der Waals surface area contributed by atoms with Crippen molar-refractivity contribution in [3.8, 4) is 11.5 Å². The van der Waals surface area contributed by atoms with E-state index in [4.69, 9.17) is 32.7 Å². The first kappa shape index (κ1) is 21.3. The number of amides is 1. The van der Waals surface area contributed by atoms with Gasteiger partial charge in [-0.2, -0.15) is 0 Å². The van der Waals surface area contributed by atoms with Gasteiger partial charge in [0.05, 0.1) is 14.9 Å². The predicted molar refractivity (Wildman–Crippen MR) is 119 cm³/mol. The average molecular weight is 479 g/mol. The van der Waals surface area contributed by atoms with Crippen LogP contribution in [0.4, 0.5) is 11.4 Å². The van der Waals surface area contributed by atoms with Crippen LogP contribution >= 0.6 is 23.2 Å². The largest absolute Gasteiger partial charge is 0.486 e. The smallest absolute Gasteiger partial charge is 0.262 e. The molecule has 4 rings (SSSR count). The molecule has 1 aliphatic rings. The summed E-state index contributed by atoms with van der Waals surface area (Å²) in [4.78, 5) is 12.4. The molecule has 1 amide bonds. The number of carbonyl (C=O) groups excluding carboxylic acids is 1. The van der Waals surface area contributed by atoms with Gasteiger partial charge in [0.1, 0.15) is 13.2 Å². The molecule has 0 bridgehead atoms. The lowest BCUT2D eigenvalue weighted by atomic mass is 10.2. The highest BCUT2D eigenvalue weighted by Crippen LogP contribution is 2.33. The summed E-state index contributed by atoms with van der Waals surface area (Å²) in [6.45, 7) is 0.782. The minimum atomic E-state index is -3.83. The second kappa shape index (κ2) is 8.66. The molecule has 0 atom stereocenters. The summed E-state index contributed by atoms with van der Waals surface area (Å²) in [7, 11) is -3.83. The summed E-state index contributed by atoms with van der Waals surface area (Å²) < 4.78 is 38.7. The molecule has 1 heterocycles. The number of carbonyl (C=O) groups is 1. The molecule has 0 saturated heterocycles. The number of halogens is 2. The SMILES string of the molecule is O=C(Nc1ccc(NS(=O)(=O)c2ccc3c(c2)OCCO3)cc1)c1ccc(Cl)c(Cl)c1. The molecule has 0 aromatic heterocycles. The van der Waals surface area contributed by atoms with Crippen LogP contribution in [0.25, 0.3) is 0 Å². The van der Waals surface area contributed by atoms with Crippen molar-refractivity contribution in [3.05, 3.63) is 76.3 Å². The van der Waals surface area contributed by atoms with Crippen LogP contribution in [0.1, 0.15) is 10.4 Å². The highest BCUT2D eigenvalue weighted by molar-refractivity contribution is 7.92. The summed E-state index contributed by atoms with van der Waals surface area (Å²) in [5, 5.41) is 3.34. The van der Waals surface area contributed by atoms with Crippen LogP contribution in [0.5, 0.6) is 11.5 Å². The molecule has 2 N–H and O–H groups in total. The maximum absolute atomic E-state index is 12.7. The van der Waals surface area contributed by atoms with E-state index in [-0.39, 0.29) is 15.8 Å². The van der Waals surface area contributed by atoms with Crippen LogP contribution < -0.4 is 19.5 Å². The van der Waals surface area contributed by atoms with Gasteiger partial charge in [-0.25, -0.2) is 8.42 Å². The maximum atomic E-state index is 12.7. The van der Waals surface area contributed by atoms with E-state index in [0.29, 0.717) is 46.7 Å². The second-order valence-corrected chi connectivity index (χ2v) is 9.07. The third-order valence-electron chi connectivity index (χ3n) is 4.40. The minimum absolute atomic E-state index is 0.0498. The molecule has 0 saturated carbocycles. The van der Waals surface area contributed by atoms with E-state index in [0.717, 1.165) is 0 Å². The Morgan fingerprint density at radius 1 is 0.806 bits per heavy atom. The molecule has 1 aliphatic heterocycles. The Morgan fingerprint density at radius 2 is 1.48 bits per heavy atom. The topological polar surface area (TPSA) is 93.7 Å². The Morgan fingerprint density at radius 3 is 2.19 bits per heavy atom.